The molecule has 0 radical (unpaired) electrons. The number of carbonyl (C=O) groups excluding carboxylic acids is 1. The predicted octanol–water partition coefficient (Wildman–Crippen LogP) is 0.300. The molecule has 1 aromatic rings. The fourth-order valence-corrected chi connectivity index (χ4v) is 2.72. The second-order valence-electron chi connectivity index (χ2n) is 4.48. The zero-order chi connectivity index (χ0) is 13.7. The molecule has 2 N–H and O–H groups in total. The zero-order valence-corrected chi connectivity index (χ0v) is 11.8. The fourth-order valence-electron chi connectivity index (χ4n) is 1.92. The number of nitrogens with zero attached hydrogens (tertiary/aromatic N) is 2. The van der Waals surface area contributed by atoms with Crippen molar-refractivity contribution in [3.8, 4) is 0 Å². The second kappa shape index (κ2) is 6.93. The molecule has 1 fully saturated rings. The van der Waals surface area contributed by atoms with Crippen molar-refractivity contribution in [2.75, 3.05) is 18.9 Å². The highest BCUT2D eigenvalue weighted by atomic mass is 32.2. The molecular weight excluding hydrogens is 266 g/mol. The van der Waals surface area contributed by atoms with Gasteiger partial charge >= 0.3 is 0 Å². The van der Waals surface area contributed by atoms with E-state index in [2.05, 4.69) is 10.3 Å². The lowest BCUT2D eigenvalue weighted by atomic mass is 10.2. The van der Waals surface area contributed by atoms with Gasteiger partial charge in [-0.3, -0.25) is 4.79 Å². The normalized spacial score (nSPS) is 18.7. The van der Waals surface area contributed by atoms with E-state index in [0.717, 1.165) is 30.3 Å². The van der Waals surface area contributed by atoms with Gasteiger partial charge < -0.3 is 19.7 Å². The fraction of sp³-hybridized carbons (Fsp3) is 0.667. The van der Waals surface area contributed by atoms with Crippen molar-refractivity contribution < 1.29 is 14.6 Å². The highest BCUT2D eigenvalue weighted by molar-refractivity contribution is 7.99. The van der Waals surface area contributed by atoms with E-state index in [1.807, 2.05) is 7.05 Å². The number of aliphatic hydroxyl groups excluding tert-OH is 1. The van der Waals surface area contributed by atoms with E-state index in [1.165, 1.54) is 11.8 Å². The molecule has 1 aromatic heterocycles. The lowest BCUT2D eigenvalue weighted by molar-refractivity contribution is -0.119. The molecule has 19 heavy (non-hydrogen) atoms. The van der Waals surface area contributed by atoms with Crippen molar-refractivity contribution in [1.82, 2.24) is 14.9 Å². The van der Waals surface area contributed by atoms with Crippen LogP contribution in [-0.2, 0) is 23.2 Å². The van der Waals surface area contributed by atoms with Crippen molar-refractivity contribution in [3.05, 3.63) is 11.9 Å². The minimum atomic E-state index is -0.0464. The smallest absolute Gasteiger partial charge is 0.230 e. The first kappa shape index (κ1) is 14.4. The number of hydrogen-bond donors (Lipinski definition) is 2. The quantitative estimate of drug-likeness (QED) is 0.735. The van der Waals surface area contributed by atoms with Gasteiger partial charge in [-0.15, -0.1) is 0 Å². The van der Waals surface area contributed by atoms with E-state index < -0.39 is 0 Å². The maximum absolute atomic E-state index is 11.7. The topological polar surface area (TPSA) is 76.4 Å². The Morgan fingerprint density at radius 2 is 2.58 bits per heavy atom. The SMILES string of the molecule is Cn1c(CO)cnc1SCC(=O)NCC1CCCO1. The van der Waals surface area contributed by atoms with Crippen LogP contribution in [0.3, 0.4) is 0 Å². The summed E-state index contributed by atoms with van der Waals surface area (Å²) in [6, 6.07) is 0. The van der Waals surface area contributed by atoms with Crippen LogP contribution >= 0.6 is 11.8 Å². The molecular formula is C12H19N3O3S. The molecule has 1 atom stereocenters. The number of aromatic nitrogens is 2. The van der Waals surface area contributed by atoms with E-state index in [0.29, 0.717) is 12.3 Å². The highest BCUT2D eigenvalue weighted by Crippen LogP contribution is 2.17. The molecule has 106 valence electrons. The summed E-state index contributed by atoms with van der Waals surface area (Å²) >= 11 is 1.36. The minimum Gasteiger partial charge on any atom is -0.390 e. The van der Waals surface area contributed by atoms with Crippen LogP contribution in [0, 0.1) is 0 Å². The third-order valence-corrected chi connectivity index (χ3v) is 4.13. The number of carbonyl (C=O) groups is 1. The Labute approximate surface area is 116 Å². The molecule has 6 nitrogen and oxygen atoms in total. The van der Waals surface area contributed by atoms with Gasteiger partial charge in [-0.25, -0.2) is 4.98 Å². The number of thioether (sulfide) groups is 1. The number of hydrogen-bond acceptors (Lipinski definition) is 5. The van der Waals surface area contributed by atoms with Gasteiger partial charge in [-0.2, -0.15) is 0 Å². The summed E-state index contributed by atoms with van der Waals surface area (Å²) in [5, 5.41) is 12.6. The first-order valence-corrected chi connectivity index (χ1v) is 7.32. The van der Waals surface area contributed by atoms with Crippen LogP contribution in [0.5, 0.6) is 0 Å². The van der Waals surface area contributed by atoms with Crippen molar-refractivity contribution in [3.63, 3.8) is 0 Å². The maximum Gasteiger partial charge on any atom is 0.230 e. The molecule has 1 aliphatic rings. The van der Waals surface area contributed by atoms with Gasteiger partial charge in [0.2, 0.25) is 5.91 Å². The minimum absolute atomic E-state index is 0.0194. The summed E-state index contributed by atoms with van der Waals surface area (Å²) in [5.74, 6) is 0.302. The lowest BCUT2D eigenvalue weighted by Crippen LogP contribution is -2.32. The largest absolute Gasteiger partial charge is 0.390 e. The van der Waals surface area contributed by atoms with Crippen molar-refractivity contribution in [2.24, 2.45) is 7.05 Å². The van der Waals surface area contributed by atoms with E-state index in [4.69, 9.17) is 9.84 Å². The number of nitrogens with one attached hydrogen (secondary N) is 1. The molecule has 0 spiro atoms. The van der Waals surface area contributed by atoms with Crippen LogP contribution < -0.4 is 5.32 Å². The van der Waals surface area contributed by atoms with Crippen LogP contribution in [0.15, 0.2) is 11.4 Å². The van der Waals surface area contributed by atoms with Gasteiger partial charge in [-0.1, -0.05) is 11.8 Å². The molecule has 0 aliphatic carbocycles. The molecule has 0 bridgehead atoms. The highest BCUT2D eigenvalue weighted by Gasteiger charge is 2.16. The van der Waals surface area contributed by atoms with Gasteiger partial charge in [0.1, 0.15) is 0 Å². The Bertz CT molecular complexity index is 430. The summed E-state index contributed by atoms with van der Waals surface area (Å²) in [5.41, 5.74) is 0.738. The summed E-state index contributed by atoms with van der Waals surface area (Å²) in [7, 11) is 1.82. The van der Waals surface area contributed by atoms with E-state index in [1.54, 1.807) is 10.8 Å². The molecule has 2 rings (SSSR count). The average molecular weight is 285 g/mol. The summed E-state index contributed by atoms with van der Waals surface area (Å²) in [6.07, 6.45) is 3.88. The number of amides is 1. The van der Waals surface area contributed by atoms with E-state index in [9.17, 15) is 4.79 Å². The molecule has 0 saturated carbocycles. The molecule has 1 amide bonds. The van der Waals surface area contributed by atoms with Crippen LogP contribution in [0.1, 0.15) is 18.5 Å². The molecule has 1 aliphatic heterocycles. The average Bonchev–Trinajstić information content (AvgIpc) is 3.04. The molecule has 2 heterocycles. The van der Waals surface area contributed by atoms with Crippen LogP contribution in [0.4, 0.5) is 0 Å². The number of aliphatic hydroxyl groups is 1. The Morgan fingerprint density at radius 3 is 3.21 bits per heavy atom. The zero-order valence-electron chi connectivity index (χ0n) is 11.0. The van der Waals surface area contributed by atoms with Gasteiger partial charge in [0.05, 0.1) is 30.4 Å². The van der Waals surface area contributed by atoms with Crippen molar-refractivity contribution in [2.45, 2.75) is 30.7 Å². The van der Waals surface area contributed by atoms with Gasteiger partial charge in [-0.05, 0) is 12.8 Å². The molecule has 1 unspecified atom stereocenters. The van der Waals surface area contributed by atoms with Gasteiger partial charge in [0.25, 0.3) is 0 Å². The Morgan fingerprint density at radius 1 is 1.74 bits per heavy atom. The van der Waals surface area contributed by atoms with Gasteiger partial charge in [0, 0.05) is 20.2 Å². The first-order chi connectivity index (χ1) is 9.20. The predicted molar refractivity (Wildman–Crippen MR) is 71.8 cm³/mol. The monoisotopic (exact) mass is 285 g/mol. The van der Waals surface area contributed by atoms with Crippen molar-refractivity contribution in [1.29, 1.82) is 0 Å². The number of imidazole rings is 1. The number of rotatable bonds is 6. The lowest BCUT2D eigenvalue weighted by Gasteiger charge is -2.10. The summed E-state index contributed by atoms with van der Waals surface area (Å²) in [4.78, 5) is 15.8. The Hall–Kier alpha value is -1.05. The Kier molecular flexibility index (Phi) is 5.24. The Balaban J connectivity index is 1.71. The summed E-state index contributed by atoms with van der Waals surface area (Å²) < 4.78 is 7.23. The van der Waals surface area contributed by atoms with Crippen LogP contribution in [0.2, 0.25) is 0 Å². The molecule has 1 saturated heterocycles. The summed E-state index contributed by atoms with van der Waals surface area (Å²) in [6.45, 7) is 1.34. The van der Waals surface area contributed by atoms with Crippen LogP contribution in [-0.4, -0.2) is 45.6 Å². The van der Waals surface area contributed by atoms with Gasteiger partial charge in [0.15, 0.2) is 5.16 Å². The standard InChI is InChI=1S/C12H19N3O3S/c1-15-9(7-16)5-14-12(15)19-8-11(17)13-6-10-3-2-4-18-10/h5,10,16H,2-4,6-8H2,1H3,(H,13,17). The third kappa shape index (κ3) is 3.95. The third-order valence-electron chi connectivity index (χ3n) is 3.09. The second-order valence-corrected chi connectivity index (χ2v) is 5.42. The van der Waals surface area contributed by atoms with Crippen LogP contribution in [0.25, 0.3) is 0 Å². The first-order valence-electron chi connectivity index (χ1n) is 6.33. The number of ether oxygens (including phenoxy) is 1. The molecule has 7 heteroatoms. The van der Waals surface area contributed by atoms with Crippen molar-refractivity contribution >= 4 is 17.7 Å². The van der Waals surface area contributed by atoms with E-state index in [-0.39, 0.29) is 18.6 Å². The molecule has 0 aromatic carbocycles. The maximum atomic E-state index is 11.7. The van der Waals surface area contributed by atoms with E-state index >= 15 is 0 Å².